The SMILES string of the molecule is CC(C)c1oc2nc(N3CCCC3)ccc2c1C(=O)O. The van der Waals surface area contributed by atoms with Crippen LogP contribution in [0.25, 0.3) is 11.1 Å². The average Bonchev–Trinajstić information content (AvgIpc) is 3.04. The second kappa shape index (κ2) is 4.81. The Morgan fingerprint density at radius 1 is 1.35 bits per heavy atom. The first-order valence-electron chi connectivity index (χ1n) is 6.99. The zero-order valence-electron chi connectivity index (χ0n) is 11.7. The van der Waals surface area contributed by atoms with Crippen molar-refractivity contribution in [2.24, 2.45) is 0 Å². The van der Waals surface area contributed by atoms with Crippen LogP contribution in [0.15, 0.2) is 16.5 Å². The van der Waals surface area contributed by atoms with E-state index < -0.39 is 5.97 Å². The van der Waals surface area contributed by atoms with E-state index in [0.717, 1.165) is 18.9 Å². The molecule has 2 aromatic heterocycles. The van der Waals surface area contributed by atoms with Crippen molar-refractivity contribution in [3.05, 3.63) is 23.5 Å². The lowest BCUT2D eigenvalue weighted by molar-refractivity contribution is 0.0695. The Balaban J connectivity index is 2.13. The second-order valence-corrected chi connectivity index (χ2v) is 5.52. The molecule has 0 amide bonds. The van der Waals surface area contributed by atoms with Gasteiger partial charge in [0.1, 0.15) is 17.1 Å². The Kier molecular flexibility index (Phi) is 3.12. The van der Waals surface area contributed by atoms with E-state index in [1.807, 2.05) is 26.0 Å². The van der Waals surface area contributed by atoms with Gasteiger partial charge < -0.3 is 14.4 Å². The summed E-state index contributed by atoms with van der Waals surface area (Å²) in [6.45, 7) is 5.85. The van der Waals surface area contributed by atoms with E-state index in [9.17, 15) is 9.90 Å². The molecule has 1 aliphatic rings. The topological polar surface area (TPSA) is 66.6 Å². The summed E-state index contributed by atoms with van der Waals surface area (Å²) >= 11 is 0. The maximum Gasteiger partial charge on any atom is 0.339 e. The molecule has 0 saturated carbocycles. The van der Waals surface area contributed by atoms with Gasteiger partial charge in [0.25, 0.3) is 0 Å². The third-order valence-corrected chi connectivity index (χ3v) is 3.74. The first kappa shape index (κ1) is 13.0. The number of furan rings is 1. The third kappa shape index (κ3) is 2.03. The summed E-state index contributed by atoms with van der Waals surface area (Å²) in [5.41, 5.74) is 0.672. The monoisotopic (exact) mass is 274 g/mol. The molecule has 3 rings (SSSR count). The summed E-state index contributed by atoms with van der Waals surface area (Å²) in [4.78, 5) is 18.1. The number of aromatic nitrogens is 1. The number of fused-ring (bicyclic) bond motifs is 1. The summed E-state index contributed by atoms with van der Waals surface area (Å²) in [5, 5.41) is 9.97. The largest absolute Gasteiger partial charge is 0.478 e. The molecule has 0 spiro atoms. The Hall–Kier alpha value is -2.04. The molecule has 5 nitrogen and oxygen atoms in total. The van der Waals surface area contributed by atoms with Crippen LogP contribution in [-0.2, 0) is 0 Å². The van der Waals surface area contributed by atoms with Gasteiger partial charge in [-0.1, -0.05) is 13.8 Å². The molecule has 0 radical (unpaired) electrons. The lowest BCUT2D eigenvalue weighted by Crippen LogP contribution is -2.18. The Bertz CT molecular complexity index is 654. The first-order valence-corrected chi connectivity index (χ1v) is 6.99. The van der Waals surface area contributed by atoms with Crippen LogP contribution in [0, 0.1) is 0 Å². The number of aromatic carboxylic acids is 1. The summed E-state index contributed by atoms with van der Waals surface area (Å²) in [5.74, 6) is 0.434. The number of carbonyl (C=O) groups is 1. The molecule has 1 aliphatic heterocycles. The standard InChI is InChI=1S/C15H18N2O3/c1-9(2)13-12(15(18)19)10-5-6-11(16-14(10)20-13)17-7-3-4-8-17/h5-6,9H,3-4,7-8H2,1-2H3,(H,18,19). The number of carboxylic acids is 1. The highest BCUT2D eigenvalue weighted by Gasteiger charge is 2.24. The van der Waals surface area contributed by atoms with Crippen molar-refractivity contribution < 1.29 is 14.3 Å². The van der Waals surface area contributed by atoms with Gasteiger partial charge in [0, 0.05) is 19.0 Å². The number of hydrogen-bond acceptors (Lipinski definition) is 4. The molecule has 20 heavy (non-hydrogen) atoms. The van der Waals surface area contributed by atoms with Crippen LogP contribution in [-0.4, -0.2) is 29.1 Å². The van der Waals surface area contributed by atoms with E-state index in [4.69, 9.17) is 4.42 Å². The Labute approximate surface area is 117 Å². The minimum Gasteiger partial charge on any atom is -0.478 e. The summed E-state index contributed by atoms with van der Waals surface area (Å²) in [7, 11) is 0. The van der Waals surface area contributed by atoms with Crippen LogP contribution in [0.3, 0.4) is 0 Å². The molecular formula is C15H18N2O3. The van der Waals surface area contributed by atoms with Crippen molar-refractivity contribution in [1.29, 1.82) is 0 Å². The van der Waals surface area contributed by atoms with Gasteiger partial charge >= 0.3 is 5.97 Å². The quantitative estimate of drug-likeness (QED) is 0.930. The second-order valence-electron chi connectivity index (χ2n) is 5.52. The average molecular weight is 274 g/mol. The zero-order valence-corrected chi connectivity index (χ0v) is 11.7. The molecule has 1 fully saturated rings. The van der Waals surface area contributed by atoms with E-state index in [-0.39, 0.29) is 11.5 Å². The van der Waals surface area contributed by atoms with Crippen molar-refractivity contribution in [2.45, 2.75) is 32.6 Å². The van der Waals surface area contributed by atoms with Crippen LogP contribution >= 0.6 is 0 Å². The van der Waals surface area contributed by atoms with E-state index >= 15 is 0 Å². The number of anilines is 1. The van der Waals surface area contributed by atoms with Crippen molar-refractivity contribution in [3.63, 3.8) is 0 Å². The molecule has 0 aliphatic carbocycles. The van der Waals surface area contributed by atoms with Gasteiger partial charge in [-0.25, -0.2) is 4.79 Å². The molecule has 0 unspecified atom stereocenters. The lowest BCUT2D eigenvalue weighted by atomic mass is 10.0. The van der Waals surface area contributed by atoms with Gasteiger partial charge in [-0.05, 0) is 25.0 Å². The van der Waals surface area contributed by atoms with Gasteiger partial charge in [0.15, 0.2) is 0 Å². The molecule has 2 aromatic rings. The Morgan fingerprint density at radius 3 is 2.65 bits per heavy atom. The fourth-order valence-electron chi connectivity index (χ4n) is 2.74. The predicted molar refractivity (Wildman–Crippen MR) is 76.5 cm³/mol. The van der Waals surface area contributed by atoms with E-state index in [1.165, 1.54) is 12.8 Å². The van der Waals surface area contributed by atoms with Gasteiger partial charge in [-0.2, -0.15) is 4.98 Å². The van der Waals surface area contributed by atoms with E-state index in [1.54, 1.807) is 0 Å². The zero-order chi connectivity index (χ0) is 14.3. The van der Waals surface area contributed by atoms with Gasteiger partial charge in [-0.15, -0.1) is 0 Å². The van der Waals surface area contributed by atoms with Crippen LogP contribution < -0.4 is 4.90 Å². The number of rotatable bonds is 3. The van der Waals surface area contributed by atoms with Crippen LogP contribution in [0.2, 0.25) is 0 Å². The molecule has 1 N–H and O–H groups in total. The number of hydrogen-bond donors (Lipinski definition) is 1. The molecule has 3 heterocycles. The third-order valence-electron chi connectivity index (χ3n) is 3.74. The highest BCUT2D eigenvalue weighted by molar-refractivity contribution is 6.03. The number of pyridine rings is 1. The highest BCUT2D eigenvalue weighted by atomic mass is 16.4. The van der Waals surface area contributed by atoms with E-state index in [0.29, 0.717) is 16.9 Å². The van der Waals surface area contributed by atoms with Crippen LogP contribution in [0.1, 0.15) is 48.7 Å². The van der Waals surface area contributed by atoms with Crippen LogP contribution in [0.4, 0.5) is 5.82 Å². The highest BCUT2D eigenvalue weighted by Crippen LogP contribution is 2.31. The number of nitrogens with zero attached hydrogens (tertiary/aromatic N) is 2. The Morgan fingerprint density at radius 2 is 2.05 bits per heavy atom. The summed E-state index contributed by atoms with van der Waals surface area (Å²) in [6.07, 6.45) is 2.35. The predicted octanol–water partition coefficient (Wildman–Crippen LogP) is 3.25. The summed E-state index contributed by atoms with van der Waals surface area (Å²) in [6, 6.07) is 3.70. The van der Waals surface area contributed by atoms with Crippen molar-refractivity contribution in [1.82, 2.24) is 4.98 Å². The normalized spacial score (nSPS) is 15.4. The van der Waals surface area contributed by atoms with Crippen LogP contribution in [0.5, 0.6) is 0 Å². The van der Waals surface area contributed by atoms with Crippen molar-refractivity contribution in [2.75, 3.05) is 18.0 Å². The van der Waals surface area contributed by atoms with Gasteiger partial charge in [0.05, 0.1) is 5.39 Å². The molecule has 0 aromatic carbocycles. The van der Waals surface area contributed by atoms with Crippen molar-refractivity contribution >= 4 is 22.9 Å². The molecule has 0 bridgehead atoms. The minimum atomic E-state index is -0.955. The van der Waals surface area contributed by atoms with Gasteiger partial charge in [0.2, 0.25) is 5.71 Å². The van der Waals surface area contributed by atoms with Crippen molar-refractivity contribution in [3.8, 4) is 0 Å². The van der Waals surface area contributed by atoms with Gasteiger partial charge in [-0.3, -0.25) is 0 Å². The molecule has 1 saturated heterocycles. The molecular weight excluding hydrogens is 256 g/mol. The first-order chi connectivity index (χ1) is 9.58. The molecule has 0 atom stereocenters. The molecule has 5 heteroatoms. The summed E-state index contributed by atoms with van der Waals surface area (Å²) < 4.78 is 5.70. The van der Waals surface area contributed by atoms with E-state index in [2.05, 4.69) is 9.88 Å². The fourth-order valence-corrected chi connectivity index (χ4v) is 2.74. The number of carboxylic acid groups (broad SMARTS) is 1. The fraction of sp³-hybridized carbons (Fsp3) is 0.467. The maximum absolute atomic E-state index is 11.4. The lowest BCUT2D eigenvalue weighted by Gasteiger charge is -2.15. The smallest absolute Gasteiger partial charge is 0.339 e. The minimum absolute atomic E-state index is 0.0190. The molecule has 106 valence electrons. The maximum atomic E-state index is 11.4.